The Morgan fingerprint density at radius 1 is 1.78 bits per heavy atom. The van der Waals surface area contributed by atoms with Crippen molar-refractivity contribution in [3.05, 3.63) is 0 Å². The van der Waals surface area contributed by atoms with Crippen LogP contribution in [-0.2, 0) is 4.74 Å². The monoisotopic (exact) mass is 149 g/mol. The van der Waals surface area contributed by atoms with Gasteiger partial charge in [0.1, 0.15) is 6.73 Å². The van der Waals surface area contributed by atoms with E-state index in [0.717, 1.165) is 12.4 Å². The fourth-order valence-electron chi connectivity index (χ4n) is 0.694. The first-order valence-electron chi connectivity index (χ1n) is 2.81. The molecule has 0 saturated carbocycles. The summed E-state index contributed by atoms with van der Waals surface area (Å²) in [7, 11) is 1.88. The molecule has 0 spiro atoms. The molecule has 0 bridgehead atoms. The normalized spacial score (nSPS) is 31.1. The minimum absolute atomic E-state index is 0.0575. The van der Waals surface area contributed by atoms with Crippen LogP contribution in [0.5, 0.6) is 0 Å². The van der Waals surface area contributed by atoms with Gasteiger partial charge in [-0.25, -0.2) is 4.31 Å². The van der Waals surface area contributed by atoms with Crippen LogP contribution in [0.2, 0.25) is 0 Å². The minimum atomic E-state index is -0.0575. The SMILES string of the molecule is CN1COCCS1=CO. The molecule has 0 aromatic carbocycles. The highest BCUT2D eigenvalue weighted by Crippen LogP contribution is 2.19. The van der Waals surface area contributed by atoms with Crippen molar-refractivity contribution >= 4 is 16.2 Å². The number of hydrogen-bond acceptors (Lipinski definition) is 2. The molecule has 0 aliphatic carbocycles. The van der Waals surface area contributed by atoms with Crippen LogP contribution in [0.1, 0.15) is 0 Å². The van der Waals surface area contributed by atoms with Crippen molar-refractivity contribution in [3.63, 3.8) is 0 Å². The Morgan fingerprint density at radius 2 is 2.56 bits per heavy atom. The van der Waals surface area contributed by atoms with Gasteiger partial charge in [0.25, 0.3) is 0 Å². The van der Waals surface area contributed by atoms with Gasteiger partial charge in [-0.15, -0.1) is 0 Å². The van der Waals surface area contributed by atoms with Crippen molar-refractivity contribution in [2.24, 2.45) is 0 Å². The molecule has 4 heteroatoms. The van der Waals surface area contributed by atoms with E-state index in [4.69, 9.17) is 9.84 Å². The number of nitrogens with zero attached hydrogens (tertiary/aromatic N) is 1. The molecule has 9 heavy (non-hydrogen) atoms. The average Bonchev–Trinajstić information content (AvgIpc) is 1.89. The van der Waals surface area contributed by atoms with E-state index in [-0.39, 0.29) is 10.7 Å². The highest BCUT2D eigenvalue weighted by atomic mass is 32.2. The van der Waals surface area contributed by atoms with Crippen LogP contribution in [0.15, 0.2) is 0 Å². The molecule has 1 rings (SSSR count). The summed E-state index contributed by atoms with van der Waals surface area (Å²) < 4.78 is 7.11. The zero-order valence-electron chi connectivity index (χ0n) is 5.41. The van der Waals surface area contributed by atoms with Crippen LogP contribution in [-0.4, -0.2) is 41.1 Å². The molecule has 1 aliphatic heterocycles. The number of aliphatic hydroxyl groups is 1. The highest BCUT2D eigenvalue weighted by molar-refractivity contribution is 8.12. The Balaban J connectivity index is 2.49. The third-order valence-corrected chi connectivity index (χ3v) is 2.97. The van der Waals surface area contributed by atoms with E-state index in [0.29, 0.717) is 6.73 Å². The maximum Gasteiger partial charge on any atom is 0.107 e. The molecule has 1 N–H and O–H groups in total. The summed E-state index contributed by atoms with van der Waals surface area (Å²) in [5, 5.41) is 8.65. The van der Waals surface area contributed by atoms with Gasteiger partial charge in [-0.2, -0.15) is 0 Å². The Hall–Kier alpha value is 0.1000. The molecule has 0 radical (unpaired) electrons. The molecular formula is C5H11NO2S. The first-order valence-corrected chi connectivity index (χ1v) is 4.22. The van der Waals surface area contributed by atoms with Gasteiger partial charge in [-0.1, -0.05) is 10.7 Å². The fraction of sp³-hybridized carbons (Fsp3) is 0.800. The summed E-state index contributed by atoms with van der Waals surface area (Å²) in [5.74, 6) is 0.924. The fourth-order valence-corrected chi connectivity index (χ4v) is 1.77. The summed E-state index contributed by atoms with van der Waals surface area (Å²) in [4.78, 5) is 0. The number of aliphatic hydroxyl groups excluding tert-OH is 1. The Labute approximate surface area is 57.3 Å². The van der Waals surface area contributed by atoms with Crippen LogP contribution in [0, 0.1) is 0 Å². The van der Waals surface area contributed by atoms with Crippen molar-refractivity contribution in [3.8, 4) is 0 Å². The first kappa shape index (κ1) is 7.21. The molecule has 3 nitrogen and oxygen atoms in total. The first-order chi connectivity index (χ1) is 4.34. The molecule has 0 amide bonds. The summed E-state index contributed by atoms with van der Waals surface area (Å²) in [6.45, 7) is 1.41. The van der Waals surface area contributed by atoms with Crippen LogP contribution in [0.4, 0.5) is 0 Å². The van der Waals surface area contributed by atoms with Gasteiger partial charge in [0.05, 0.1) is 12.2 Å². The molecule has 1 fully saturated rings. The van der Waals surface area contributed by atoms with Crippen molar-refractivity contribution < 1.29 is 9.84 Å². The van der Waals surface area contributed by atoms with Crippen molar-refractivity contribution in [1.29, 1.82) is 0 Å². The summed E-state index contributed by atoms with van der Waals surface area (Å²) in [5.41, 5.74) is 1.25. The van der Waals surface area contributed by atoms with Crippen LogP contribution >= 0.6 is 10.7 Å². The predicted octanol–water partition coefficient (Wildman–Crippen LogP) is 0.407. The smallest absolute Gasteiger partial charge is 0.107 e. The summed E-state index contributed by atoms with van der Waals surface area (Å²) in [6.07, 6.45) is 0. The second-order valence-electron chi connectivity index (χ2n) is 1.88. The number of ether oxygens (including phenoxy) is 1. The Bertz CT molecular complexity index is 126. The summed E-state index contributed by atoms with van der Waals surface area (Å²) >= 11 is 0. The van der Waals surface area contributed by atoms with Gasteiger partial charge in [0, 0.05) is 5.75 Å². The van der Waals surface area contributed by atoms with Crippen molar-refractivity contribution in [1.82, 2.24) is 4.31 Å². The van der Waals surface area contributed by atoms with E-state index < -0.39 is 0 Å². The molecule has 1 atom stereocenters. The van der Waals surface area contributed by atoms with Crippen molar-refractivity contribution in [2.45, 2.75) is 0 Å². The molecule has 1 aliphatic rings. The quantitative estimate of drug-likeness (QED) is 0.506. The van der Waals surface area contributed by atoms with Gasteiger partial charge < -0.3 is 9.84 Å². The van der Waals surface area contributed by atoms with Gasteiger partial charge >= 0.3 is 0 Å². The standard InChI is InChI=1S/C5H11NO2S/c1-6-4-8-2-3-9(6)5-7/h5,7H,2-4H2,1H3. The van der Waals surface area contributed by atoms with Crippen LogP contribution in [0.3, 0.4) is 0 Å². The van der Waals surface area contributed by atoms with E-state index in [9.17, 15) is 0 Å². The van der Waals surface area contributed by atoms with Gasteiger partial charge in [0.15, 0.2) is 0 Å². The van der Waals surface area contributed by atoms with Gasteiger partial charge in [-0.05, 0) is 7.05 Å². The van der Waals surface area contributed by atoms with Gasteiger partial charge in [-0.3, -0.25) is 0 Å². The van der Waals surface area contributed by atoms with E-state index in [2.05, 4.69) is 0 Å². The maximum absolute atomic E-state index is 8.65. The van der Waals surface area contributed by atoms with Crippen LogP contribution in [0.25, 0.3) is 0 Å². The lowest BCUT2D eigenvalue weighted by molar-refractivity contribution is 0.0861. The topological polar surface area (TPSA) is 32.7 Å². The molecule has 1 heterocycles. The highest BCUT2D eigenvalue weighted by Gasteiger charge is 2.08. The van der Waals surface area contributed by atoms with E-state index in [1.807, 2.05) is 11.4 Å². The van der Waals surface area contributed by atoms with Gasteiger partial charge in [0.2, 0.25) is 0 Å². The Kier molecular flexibility index (Phi) is 2.65. The van der Waals surface area contributed by atoms with Crippen LogP contribution < -0.4 is 0 Å². The van der Waals surface area contributed by atoms with E-state index in [1.165, 1.54) is 5.55 Å². The third kappa shape index (κ3) is 1.76. The second-order valence-corrected chi connectivity index (χ2v) is 3.92. The Morgan fingerprint density at radius 3 is 3.00 bits per heavy atom. The molecule has 0 aromatic rings. The lowest BCUT2D eigenvalue weighted by Gasteiger charge is -2.25. The third-order valence-electron chi connectivity index (χ3n) is 1.23. The summed E-state index contributed by atoms with van der Waals surface area (Å²) in [6, 6.07) is 0. The zero-order valence-corrected chi connectivity index (χ0v) is 6.23. The molecule has 54 valence electrons. The number of rotatable bonds is 0. The average molecular weight is 149 g/mol. The molecule has 0 aromatic heterocycles. The van der Waals surface area contributed by atoms with E-state index >= 15 is 0 Å². The van der Waals surface area contributed by atoms with Crippen molar-refractivity contribution in [2.75, 3.05) is 26.1 Å². The molecular weight excluding hydrogens is 138 g/mol. The second kappa shape index (κ2) is 3.31. The maximum atomic E-state index is 8.65. The lowest BCUT2D eigenvalue weighted by Crippen LogP contribution is -2.25. The molecule has 1 unspecified atom stereocenters. The molecule has 1 saturated heterocycles. The predicted molar refractivity (Wildman–Crippen MR) is 39.7 cm³/mol. The zero-order chi connectivity index (χ0) is 6.69. The largest absolute Gasteiger partial charge is 0.364 e. The number of hydrogen-bond donors (Lipinski definition) is 1. The van der Waals surface area contributed by atoms with E-state index in [1.54, 1.807) is 0 Å². The lowest BCUT2D eigenvalue weighted by atomic mass is 10.8. The minimum Gasteiger partial charge on any atom is -0.364 e.